The second-order valence-electron chi connectivity index (χ2n) is 6.20. The molecule has 0 aliphatic rings. The number of ether oxygens (including phenoxy) is 1. The van der Waals surface area contributed by atoms with Crippen molar-refractivity contribution in [1.82, 2.24) is 0 Å². The minimum absolute atomic E-state index is 0.0973. The smallest absolute Gasteiger partial charge is 0.416 e. The van der Waals surface area contributed by atoms with E-state index >= 15 is 0 Å². The normalized spacial score (nSPS) is 12.3. The van der Waals surface area contributed by atoms with Gasteiger partial charge in [-0.1, -0.05) is 42.5 Å². The maximum atomic E-state index is 13.0. The van der Waals surface area contributed by atoms with Gasteiger partial charge >= 0.3 is 6.18 Å². The second-order valence-corrected chi connectivity index (χ2v) is 7.84. The number of hydrogen-bond acceptors (Lipinski definition) is 4. The van der Waals surface area contributed by atoms with E-state index < -0.39 is 21.9 Å². The van der Waals surface area contributed by atoms with E-state index in [1.165, 1.54) is 13.2 Å². The molecule has 0 saturated heterocycles. The predicted molar refractivity (Wildman–Crippen MR) is 101 cm³/mol. The molecule has 0 N–H and O–H groups in total. The van der Waals surface area contributed by atoms with Gasteiger partial charge in [-0.25, -0.2) is 0 Å². The summed E-state index contributed by atoms with van der Waals surface area (Å²) >= 11 is 0. The monoisotopic (exact) mass is 410 g/mol. The Kier molecular flexibility index (Phi) is 5.36. The first-order valence-corrected chi connectivity index (χ1v) is 10.0. The third kappa shape index (κ3) is 4.28. The van der Waals surface area contributed by atoms with Crippen molar-refractivity contribution in [3.05, 3.63) is 65.7 Å². The van der Waals surface area contributed by atoms with Crippen molar-refractivity contribution in [2.24, 2.45) is 0 Å². The highest BCUT2D eigenvalue weighted by Crippen LogP contribution is 2.39. The molecule has 0 spiro atoms. The molecule has 0 radical (unpaired) electrons. The molecule has 0 atom stereocenters. The van der Waals surface area contributed by atoms with Crippen LogP contribution in [0.1, 0.15) is 11.1 Å². The van der Waals surface area contributed by atoms with Gasteiger partial charge in [-0.05, 0) is 34.0 Å². The van der Waals surface area contributed by atoms with Crippen LogP contribution in [0.5, 0.6) is 5.75 Å². The van der Waals surface area contributed by atoms with E-state index in [4.69, 9.17) is 8.92 Å². The molecule has 0 amide bonds. The van der Waals surface area contributed by atoms with E-state index in [0.717, 1.165) is 29.2 Å². The summed E-state index contributed by atoms with van der Waals surface area (Å²) in [5.41, 5.74) is 1.03. The lowest BCUT2D eigenvalue weighted by Gasteiger charge is -2.15. The van der Waals surface area contributed by atoms with Crippen molar-refractivity contribution >= 4 is 20.9 Å². The fourth-order valence-corrected chi connectivity index (χ4v) is 3.34. The van der Waals surface area contributed by atoms with E-state index in [2.05, 4.69) is 0 Å². The Bertz CT molecular complexity index is 1120. The van der Waals surface area contributed by atoms with Gasteiger partial charge in [0.1, 0.15) is 5.75 Å². The zero-order chi connectivity index (χ0) is 20.5. The van der Waals surface area contributed by atoms with Crippen LogP contribution in [0.3, 0.4) is 0 Å². The van der Waals surface area contributed by atoms with Crippen LogP contribution in [-0.4, -0.2) is 21.8 Å². The van der Waals surface area contributed by atoms with Crippen molar-refractivity contribution in [2.45, 2.75) is 12.8 Å². The van der Waals surface area contributed by atoms with Gasteiger partial charge in [0.05, 0.1) is 25.5 Å². The maximum absolute atomic E-state index is 13.0. The average molecular weight is 410 g/mol. The molecule has 0 heterocycles. The number of fused-ring (bicyclic) bond motifs is 1. The average Bonchev–Trinajstić information content (AvgIpc) is 2.64. The van der Waals surface area contributed by atoms with Gasteiger partial charge in [0.2, 0.25) is 0 Å². The Labute approximate surface area is 160 Å². The van der Waals surface area contributed by atoms with Crippen LogP contribution in [0, 0.1) is 0 Å². The molecule has 0 fully saturated rings. The van der Waals surface area contributed by atoms with E-state index in [-0.39, 0.29) is 12.4 Å². The quantitative estimate of drug-likeness (QED) is 0.555. The molecule has 0 saturated carbocycles. The second kappa shape index (κ2) is 7.44. The van der Waals surface area contributed by atoms with E-state index in [9.17, 15) is 21.6 Å². The van der Waals surface area contributed by atoms with E-state index in [0.29, 0.717) is 16.7 Å². The van der Waals surface area contributed by atoms with Crippen LogP contribution < -0.4 is 4.74 Å². The molecule has 0 aliphatic heterocycles. The van der Waals surface area contributed by atoms with Gasteiger partial charge in [0.25, 0.3) is 10.1 Å². The maximum Gasteiger partial charge on any atom is 0.416 e. The highest BCUT2D eigenvalue weighted by Gasteiger charge is 2.31. The Hall–Kier alpha value is -2.58. The fourth-order valence-electron chi connectivity index (χ4n) is 3.00. The summed E-state index contributed by atoms with van der Waals surface area (Å²) in [6.45, 7) is -0.135. The van der Waals surface area contributed by atoms with Crippen molar-refractivity contribution in [3.63, 3.8) is 0 Å². The molecule has 3 aromatic rings. The largest absolute Gasteiger partial charge is 0.496 e. The molecular weight excluding hydrogens is 393 g/mol. The molecule has 28 heavy (non-hydrogen) atoms. The van der Waals surface area contributed by atoms with Crippen LogP contribution in [0.15, 0.2) is 54.6 Å². The molecule has 3 aromatic carbocycles. The molecule has 8 heteroatoms. The van der Waals surface area contributed by atoms with Crippen LogP contribution in [0.4, 0.5) is 13.2 Å². The summed E-state index contributed by atoms with van der Waals surface area (Å²) in [5, 5.41) is 1.49. The predicted octanol–water partition coefficient (Wildman–Crippen LogP) is 5.01. The van der Waals surface area contributed by atoms with Crippen LogP contribution in [0.25, 0.3) is 21.9 Å². The third-order valence-corrected chi connectivity index (χ3v) is 4.81. The minimum atomic E-state index is -4.47. The van der Waals surface area contributed by atoms with Gasteiger partial charge in [-0.15, -0.1) is 0 Å². The van der Waals surface area contributed by atoms with Gasteiger partial charge < -0.3 is 4.74 Å². The Morgan fingerprint density at radius 1 is 0.929 bits per heavy atom. The number of alkyl halides is 3. The number of halogens is 3. The van der Waals surface area contributed by atoms with Crippen molar-refractivity contribution in [1.29, 1.82) is 0 Å². The molecule has 0 bridgehead atoms. The Morgan fingerprint density at radius 3 is 2.25 bits per heavy atom. The standard InChI is InChI=1S/C20H17F3O4S/c1-26-19-11-14(20(21,22)23)9-10-18(19)17-8-4-6-15-13(5-3-7-16(15)17)12-27-28(2,24)25/h3-11H,12H2,1-2H3. The highest BCUT2D eigenvalue weighted by atomic mass is 32.2. The van der Waals surface area contributed by atoms with Crippen molar-refractivity contribution in [2.75, 3.05) is 13.4 Å². The van der Waals surface area contributed by atoms with Crippen LogP contribution in [-0.2, 0) is 27.1 Å². The Morgan fingerprint density at radius 2 is 1.61 bits per heavy atom. The lowest BCUT2D eigenvalue weighted by molar-refractivity contribution is -0.137. The summed E-state index contributed by atoms with van der Waals surface area (Å²) in [4.78, 5) is 0. The summed E-state index contributed by atoms with van der Waals surface area (Å²) in [5.74, 6) is 0.0973. The number of methoxy groups -OCH3 is 1. The molecule has 4 nitrogen and oxygen atoms in total. The van der Waals surface area contributed by atoms with Crippen molar-refractivity contribution < 1.29 is 30.5 Å². The SMILES string of the molecule is COc1cc(C(F)(F)F)ccc1-c1cccc2c(COS(C)(=O)=O)cccc12. The van der Waals surface area contributed by atoms with Crippen LogP contribution >= 0.6 is 0 Å². The minimum Gasteiger partial charge on any atom is -0.496 e. The van der Waals surface area contributed by atoms with E-state index in [1.54, 1.807) is 30.3 Å². The molecule has 148 valence electrons. The summed E-state index contributed by atoms with van der Waals surface area (Å²) in [6, 6.07) is 14.0. The van der Waals surface area contributed by atoms with Crippen LogP contribution in [0.2, 0.25) is 0 Å². The first-order valence-electron chi connectivity index (χ1n) is 8.21. The topological polar surface area (TPSA) is 52.6 Å². The molecule has 0 aromatic heterocycles. The van der Waals surface area contributed by atoms with Gasteiger partial charge in [0, 0.05) is 5.56 Å². The molecule has 0 unspecified atom stereocenters. The summed E-state index contributed by atoms with van der Waals surface area (Å²) in [6.07, 6.45) is -3.50. The number of rotatable bonds is 5. The highest BCUT2D eigenvalue weighted by molar-refractivity contribution is 7.85. The third-order valence-electron chi connectivity index (χ3n) is 4.26. The lowest BCUT2D eigenvalue weighted by Crippen LogP contribution is -2.05. The zero-order valence-corrected chi connectivity index (χ0v) is 15.9. The summed E-state index contributed by atoms with van der Waals surface area (Å²) in [7, 11) is -2.29. The van der Waals surface area contributed by atoms with Gasteiger partial charge in [-0.3, -0.25) is 4.18 Å². The first kappa shape index (κ1) is 20.2. The fraction of sp³-hybridized carbons (Fsp3) is 0.200. The van der Waals surface area contributed by atoms with Gasteiger partial charge in [-0.2, -0.15) is 21.6 Å². The number of benzene rings is 3. The zero-order valence-electron chi connectivity index (χ0n) is 15.1. The molecule has 3 rings (SSSR count). The van der Waals surface area contributed by atoms with Gasteiger partial charge in [0.15, 0.2) is 0 Å². The van der Waals surface area contributed by atoms with E-state index in [1.807, 2.05) is 6.07 Å². The Balaban J connectivity index is 2.14. The molecule has 0 aliphatic carbocycles. The molecular formula is C20H17F3O4S. The summed E-state index contributed by atoms with van der Waals surface area (Å²) < 4.78 is 71.7. The lowest BCUT2D eigenvalue weighted by atomic mass is 9.94. The van der Waals surface area contributed by atoms with Crippen molar-refractivity contribution in [3.8, 4) is 16.9 Å². The number of hydrogen-bond donors (Lipinski definition) is 0. The first-order chi connectivity index (χ1) is 13.1.